The van der Waals surface area contributed by atoms with Gasteiger partial charge in [0, 0.05) is 18.0 Å². The Bertz CT molecular complexity index is 496. The van der Waals surface area contributed by atoms with Crippen LogP contribution >= 0.6 is 15.9 Å². The third-order valence-electron chi connectivity index (χ3n) is 3.04. The normalized spacial score (nSPS) is 17.9. The summed E-state index contributed by atoms with van der Waals surface area (Å²) in [6, 6.07) is 5.99. The average molecular weight is 342 g/mol. The second-order valence-electron chi connectivity index (χ2n) is 5.88. The fraction of sp³-hybridized carbons (Fsp3) is 0.533. The minimum absolute atomic E-state index is 0.253. The molecule has 1 aromatic rings. The monoisotopic (exact) mass is 341 g/mol. The molecule has 0 spiro atoms. The molecule has 0 unspecified atom stereocenters. The topological polar surface area (TPSA) is 47.6 Å². The number of carbonyl (C=O) groups excluding carboxylic acids is 1. The summed E-state index contributed by atoms with van der Waals surface area (Å²) in [4.78, 5) is 11.7. The van der Waals surface area contributed by atoms with Gasteiger partial charge in [0.2, 0.25) is 0 Å². The minimum atomic E-state index is -0.472. The standard InChI is InChI=1S/C15H20BrNO3/c1-15(2,3)20-14(18)17-9-10-7-8-19-13-11(10)5-4-6-12(13)16/h4-6,10H,7-9H2,1-3H3,(H,17,18)/t10-/m0/s1. The molecule has 0 saturated heterocycles. The first kappa shape index (κ1) is 15.2. The molecule has 0 aliphatic carbocycles. The van der Waals surface area contributed by atoms with Gasteiger partial charge in [0.05, 0.1) is 11.1 Å². The highest BCUT2D eigenvalue weighted by molar-refractivity contribution is 9.10. The lowest BCUT2D eigenvalue weighted by Gasteiger charge is -2.27. The molecular formula is C15H20BrNO3. The summed E-state index contributed by atoms with van der Waals surface area (Å²) in [5.41, 5.74) is 0.655. The number of nitrogens with one attached hydrogen (secondary N) is 1. The van der Waals surface area contributed by atoms with Crippen molar-refractivity contribution in [2.24, 2.45) is 0 Å². The minimum Gasteiger partial charge on any atom is -0.492 e. The van der Waals surface area contributed by atoms with Crippen LogP contribution in [-0.2, 0) is 4.74 Å². The highest BCUT2D eigenvalue weighted by Crippen LogP contribution is 2.38. The highest BCUT2D eigenvalue weighted by atomic mass is 79.9. The Hall–Kier alpha value is -1.23. The van der Waals surface area contributed by atoms with E-state index in [0.717, 1.165) is 22.2 Å². The van der Waals surface area contributed by atoms with Crippen molar-refractivity contribution in [2.45, 2.75) is 38.7 Å². The van der Waals surface area contributed by atoms with Gasteiger partial charge in [-0.1, -0.05) is 12.1 Å². The lowest BCUT2D eigenvalue weighted by atomic mass is 9.93. The molecule has 0 fully saturated rings. The summed E-state index contributed by atoms with van der Waals surface area (Å²) in [6.45, 7) is 6.78. The molecule has 1 N–H and O–H groups in total. The maximum Gasteiger partial charge on any atom is 0.407 e. The molecule has 110 valence electrons. The van der Waals surface area contributed by atoms with Gasteiger partial charge in [0.15, 0.2) is 0 Å². The van der Waals surface area contributed by atoms with E-state index < -0.39 is 5.60 Å². The van der Waals surface area contributed by atoms with E-state index in [4.69, 9.17) is 9.47 Å². The second kappa shape index (κ2) is 6.04. The Labute approximate surface area is 128 Å². The van der Waals surface area contributed by atoms with Crippen LogP contribution in [0, 0.1) is 0 Å². The summed E-state index contributed by atoms with van der Waals surface area (Å²) in [5, 5.41) is 2.84. The van der Waals surface area contributed by atoms with Crippen molar-refractivity contribution >= 4 is 22.0 Å². The van der Waals surface area contributed by atoms with Crippen molar-refractivity contribution in [3.05, 3.63) is 28.2 Å². The lowest BCUT2D eigenvalue weighted by Crippen LogP contribution is -2.35. The smallest absolute Gasteiger partial charge is 0.407 e. The lowest BCUT2D eigenvalue weighted by molar-refractivity contribution is 0.0521. The van der Waals surface area contributed by atoms with Crippen LogP contribution in [0.15, 0.2) is 22.7 Å². The fourth-order valence-corrected chi connectivity index (χ4v) is 2.69. The third kappa shape index (κ3) is 3.88. The summed E-state index contributed by atoms with van der Waals surface area (Å²) < 4.78 is 11.9. The third-order valence-corrected chi connectivity index (χ3v) is 3.67. The molecule has 20 heavy (non-hydrogen) atoms. The molecule has 1 aromatic carbocycles. The first-order valence-corrected chi connectivity index (χ1v) is 7.54. The van der Waals surface area contributed by atoms with Crippen LogP contribution in [0.2, 0.25) is 0 Å². The van der Waals surface area contributed by atoms with E-state index in [1.165, 1.54) is 0 Å². The first-order valence-electron chi connectivity index (χ1n) is 6.75. The number of halogens is 1. The van der Waals surface area contributed by atoms with Crippen LogP contribution in [0.1, 0.15) is 38.7 Å². The largest absolute Gasteiger partial charge is 0.492 e. The first-order chi connectivity index (χ1) is 9.37. The molecule has 1 aliphatic rings. The predicted octanol–water partition coefficient (Wildman–Crippen LogP) is 3.84. The van der Waals surface area contributed by atoms with Crippen molar-refractivity contribution in [2.75, 3.05) is 13.2 Å². The Morgan fingerprint density at radius 2 is 2.25 bits per heavy atom. The Kier molecular flexibility index (Phi) is 4.58. The van der Waals surface area contributed by atoms with Crippen LogP contribution in [0.3, 0.4) is 0 Å². The van der Waals surface area contributed by atoms with Crippen LogP contribution in [0.5, 0.6) is 5.75 Å². The highest BCUT2D eigenvalue weighted by Gasteiger charge is 2.24. The van der Waals surface area contributed by atoms with Crippen molar-refractivity contribution in [3.8, 4) is 5.75 Å². The molecule has 1 heterocycles. The molecule has 1 amide bonds. The Balaban J connectivity index is 1.99. The number of hydrogen-bond donors (Lipinski definition) is 1. The Morgan fingerprint density at radius 3 is 2.95 bits per heavy atom. The molecule has 1 aliphatic heterocycles. The van der Waals surface area contributed by atoms with E-state index in [0.29, 0.717) is 13.2 Å². The molecule has 1 atom stereocenters. The molecule has 4 nitrogen and oxygen atoms in total. The average Bonchev–Trinajstić information content (AvgIpc) is 2.35. The predicted molar refractivity (Wildman–Crippen MR) is 81.2 cm³/mol. The molecule has 0 aromatic heterocycles. The number of ether oxygens (including phenoxy) is 2. The number of rotatable bonds is 2. The van der Waals surface area contributed by atoms with Crippen LogP contribution in [-0.4, -0.2) is 24.8 Å². The number of amides is 1. The van der Waals surface area contributed by atoms with Crippen LogP contribution in [0.25, 0.3) is 0 Å². The number of carbonyl (C=O) groups is 1. The van der Waals surface area contributed by atoms with E-state index in [1.54, 1.807) is 0 Å². The molecule has 0 radical (unpaired) electrons. The van der Waals surface area contributed by atoms with Gasteiger partial charge < -0.3 is 14.8 Å². The van der Waals surface area contributed by atoms with Crippen molar-refractivity contribution in [1.82, 2.24) is 5.32 Å². The van der Waals surface area contributed by atoms with Gasteiger partial charge in [0.25, 0.3) is 0 Å². The summed E-state index contributed by atoms with van der Waals surface area (Å²) in [5.74, 6) is 1.14. The van der Waals surface area contributed by atoms with Gasteiger partial charge >= 0.3 is 6.09 Å². The van der Waals surface area contributed by atoms with E-state index >= 15 is 0 Å². The SMILES string of the molecule is CC(C)(C)OC(=O)NC[C@@H]1CCOc2c(Br)cccc21. The van der Waals surface area contributed by atoms with Crippen molar-refractivity contribution in [1.29, 1.82) is 0 Å². The summed E-state index contributed by atoms with van der Waals surface area (Å²) in [7, 11) is 0. The zero-order chi connectivity index (χ0) is 14.8. The van der Waals surface area contributed by atoms with Gasteiger partial charge in [-0.3, -0.25) is 0 Å². The Morgan fingerprint density at radius 1 is 1.50 bits per heavy atom. The van der Waals surface area contributed by atoms with Gasteiger partial charge in [-0.15, -0.1) is 0 Å². The number of para-hydroxylation sites is 1. The number of fused-ring (bicyclic) bond motifs is 1. The molecular weight excluding hydrogens is 322 g/mol. The molecule has 0 bridgehead atoms. The maximum absolute atomic E-state index is 11.7. The zero-order valence-corrected chi connectivity index (χ0v) is 13.6. The van der Waals surface area contributed by atoms with Gasteiger partial charge in [0.1, 0.15) is 11.4 Å². The van der Waals surface area contributed by atoms with E-state index in [-0.39, 0.29) is 12.0 Å². The summed E-state index contributed by atoms with van der Waals surface area (Å²) >= 11 is 3.49. The van der Waals surface area contributed by atoms with Crippen LogP contribution < -0.4 is 10.1 Å². The maximum atomic E-state index is 11.7. The quantitative estimate of drug-likeness (QED) is 0.888. The number of alkyl carbamates (subject to hydrolysis) is 1. The van der Waals surface area contributed by atoms with Gasteiger partial charge in [-0.25, -0.2) is 4.79 Å². The molecule has 2 rings (SSSR count). The second-order valence-corrected chi connectivity index (χ2v) is 6.73. The van der Waals surface area contributed by atoms with E-state index in [9.17, 15) is 4.79 Å². The van der Waals surface area contributed by atoms with Crippen molar-refractivity contribution < 1.29 is 14.3 Å². The molecule has 5 heteroatoms. The van der Waals surface area contributed by atoms with Crippen LogP contribution in [0.4, 0.5) is 4.79 Å². The fourth-order valence-electron chi connectivity index (χ4n) is 2.19. The van der Waals surface area contributed by atoms with E-state index in [1.807, 2.05) is 39.0 Å². The van der Waals surface area contributed by atoms with E-state index in [2.05, 4.69) is 21.2 Å². The van der Waals surface area contributed by atoms with Gasteiger partial charge in [-0.2, -0.15) is 0 Å². The summed E-state index contributed by atoms with van der Waals surface area (Å²) in [6.07, 6.45) is 0.514. The number of hydrogen-bond acceptors (Lipinski definition) is 3. The molecule has 0 saturated carbocycles. The number of benzene rings is 1. The van der Waals surface area contributed by atoms with Crippen molar-refractivity contribution in [3.63, 3.8) is 0 Å². The zero-order valence-electron chi connectivity index (χ0n) is 12.0. The van der Waals surface area contributed by atoms with Gasteiger partial charge in [-0.05, 0) is 49.2 Å².